The smallest absolute Gasteiger partial charge is 0.102 e. The van der Waals surface area contributed by atoms with Crippen LogP contribution in [0.3, 0.4) is 0 Å². The van der Waals surface area contributed by atoms with Gasteiger partial charge in [0.2, 0.25) is 0 Å². The Morgan fingerprint density at radius 3 is 2.00 bits per heavy atom. The molecule has 4 nitrogen and oxygen atoms in total. The summed E-state index contributed by atoms with van der Waals surface area (Å²) in [7, 11) is 3.77. The first-order valence-electron chi connectivity index (χ1n) is 8.53. The van der Waals surface area contributed by atoms with E-state index in [9.17, 15) is 0 Å². The summed E-state index contributed by atoms with van der Waals surface area (Å²) in [5, 5.41) is 0.944. The van der Waals surface area contributed by atoms with Crippen LogP contribution in [0.5, 0.6) is 0 Å². The van der Waals surface area contributed by atoms with Gasteiger partial charge in [0.25, 0.3) is 0 Å². The molecule has 0 aliphatic carbocycles. The first kappa shape index (κ1) is 20.3. The zero-order valence-electron chi connectivity index (χ0n) is 15.6. The van der Waals surface area contributed by atoms with Crippen molar-refractivity contribution >= 4 is 52.8 Å². The molecule has 0 fully saturated rings. The fourth-order valence-electron chi connectivity index (χ4n) is 2.43. The maximum absolute atomic E-state index is 6.29. The number of halogens is 2. The van der Waals surface area contributed by atoms with Crippen molar-refractivity contribution in [1.29, 1.82) is 0 Å². The third-order valence-corrected chi connectivity index (χ3v) is 4.38. The zero-order valence-corrected chi connectivity index (χ0v) is 17.1. The van der Waals surface area contributed by atoms with E-state index in [0.29, 0.717) is 21.4 Å². The van der Waals surface area contributed by atoms with Crippen LogP contribution in [-0.4, -0.2) is 44.6 Å². The predicted molar refractivity (Wildman–Crippen MR) is 116 cm³/mol. The molecule has 0 aliphatic heterocycles. The Kier molecular flexibility index (Phi) is 7.49. The summed E-state index contributed by atoms with van der Waals surface area (Å²) >= 11 is 12.6. The van der Waals surface area contributed by atoms with Gasteiger partial charge in [0.15, 0.2) is 0 Å². The summed E-state index contributed by atoms with van der Waals surface area (Å²) in [6.07, 6.45) is 3.46. The third-order valence-electron chi connectivity index (χ3n) is 3.80. The van der Waals surface area contributed by atoms with Gasteiger partial charge in [0, 0.05) is 39.1 Å². The Hall–Kier alpha value is -2.04. The number of nitrogens with zero attached hydrogens (tertiary/aromatic N) is 4. The van der Waals surface area contributed by atoms with Crippen molar-refractivity contribution < 1.29 is 0 Å². The summed E-state index contributed by atoms with van der Waals surface area (Å²) < 4.78 is 0. The van der Waals surface area contributed by atoms with Crippen LogP contribution in [0.1, 0.15) is 19.4 Å². The molecule has 2 aromatic carbocycles. The highest BCUT2D eigenvalue weighted by atomic mass is 35.5. The van der Waals surface area contributed by atoms with Crippen LogP contribution in [0.2, 0.25) is 10.0 Å². The number of hydrogen-bond donors (Lipinski definition) is 0. The number of anilines is 1. The van der Waals surface area contributed by atoms with Gasteiger partial charge in [-0.05, 0) is 43.7 Å². The first-order valence-corrected chi connectivity index (χ1v) is 9.29. The normalized spacial score (nSPS) is 11.5. The quantitative estimate of drug-likeness (QED) is 0.440. The highest BCUT2D eigenvalue weighted by molar-refractivity contribution is 6.39. The lowest BCUT2D eigenvalue weighted by Gasteiger charge is -2.20. The molecule has 0 unspecified atom stereocenters. The molecular weight excluding hydrogens is 367 g/mol. The summed E-state index contributed by atoms with van der Waals surface area (Å²) in [6.45, 7) is 6.28. The van der Waals surface area contributed by atoms with Crippen LogP contribution < -0.4 is 4.90 Å². The number of benzene rings is 2. The summed E-state index contributed by atoms with van der Waals surface area (Å²) in [4.78, 5) is 12.9. The van der Waals surface area contributed by atoms with E-state index in [2.05, 4.69) is 53.0 Å². The van der Waals surface area contributed by atoms with Crippen molar-refractivity contribution in [2.45, 2.75) is 13.8 Å². The standard InChI is InChI=1S/C20H24Cl2N4/c1-5-26(6-2)17-9-7-15(8-10-17)13-23-16-11-18(21)20(19(22)12-16)24-14-25(3)4/h7-14H,5-6H2,1-4H3/b23-13+,24-14-. The summed E-state index contributed by atoms with van der Waals surface area (Å²) in [5.74, 6) is 0. The molecule has 0 aromatic heterocycles. The number of aliphatic imine (C=N–C) groups is 2. The molecular formula is C20H24Cl2N4. The van der Waals surface area contributed by atoms with E-state index < -0.39 is 0 Å². The molecule has 0 atom stereocenters. The zero-order chi connectivity index (χ0) is 19.1. The van der Waals surface area contributed by atoms with Gasteiger partial charge in [-0.15, -0.1) is 0 Å². The molecule has 6 heteroatoms. The molecule has 0 N–H and O–H groups in total. The lowest BCUT2D eigenvalue weighted by molar-refractivity contribution is 0.643. The minimum atomic E-state index is 0.472. The largest absolute Gasteiger partial charge is 0.372 e. The van der Waals surface area contributed by atoms with Crippen LogP contribution in [0.15, 0.2) is 46.4 Å². The van der Waals surface area contributed by atoms with Crippen molar-refractivity contribution in [3.05, 3.63) is 52.0 Å². The van der Waals surface area contributed by atoms with E-state index in [-0.39, 0.29) is 0 Å². The minimum absolute atomic E-state index is 0.472. The van der Waals surface area contributed by atoms with Crippen molar-refractivity contribution in [2.24, 2.45) is 9.98 Å². The Morgan fingerprint density at radius 1 is 0.923 bits per heavy atom. The summed E-state index contributed by atoms with van der Waals surface area (Å²) in [5.41, 5.74) is 3.46. The van der Waals surface area contributed by atoms with Crippen molar-refractivity contribution in [3.63, 3.8) is 0 Å². The third kappa shape index (κ3) is 5.48. The van der Waals surface area contributed by atoms with Crippen molar-refractivity contribution in [3.8, 4) is 0 Å². The Balaban J connectivity index is 2.18. The lowest BCUT2D eigenvalue weighted by Crippen LogP contribution is -2.21. The van der Waals surface area contributed by atoms with Crippen LogP contribution in [0, 0.1) is 0 Å². The second-order valence-electron chi connectivity index (χ2n) is 5.99. The Bertz CT molecular complexity index is 756. The molecule has 0 bridgehead atoms. The van der Waals surface area contributed by atoms with Gasteiger partial charge in [-0.25, -0.2) is 4.99 Å². The average molecular weight is 391 g/mol. The van der Waals surface area contributed by atoms with Gasteiger partial charge in [-0.2, -0.15) is 0 Å². The Morgan fingerprint density at radius 2 is 1.50 bits per heavy atom. The lowest BCUT2D eigenvalue weighted by atomic mass is 10.2. The number of hydrogen-bond acceptors (Lipinski definition) is 3. The molecule has 2 aromatic rings. The Labute approximate surface area is 165 Å². The second kappa shape index (κ2) is 9.60. The minimum Gasteiger partial charge on any atom is -0.372 e. The molecule has 0 amide bonds. The molecule has 138 valence electrons. The fourth-order valence-corrected chi connectivity index (χ4v) is 3.01. The monoisotopic (exact) mass is 390 g/mol. The second-order valence-corrected chi connectivity index (χ2v) is 6.80. The molecule has 0 aliphatic rings. The molecule has 2 rings (SSSR count). The van der Waals surface area contributed by atoms with Gasteiger partial charge in [0.1, 0.15) is 5.69 Å². The van der Waals surface area contributed by atoms with Crippen LogP contribution >= 0.6 is 23.2 Å². The van der Waals surface area contributed by atoms with E-state index in [1.807, 2.05) is 19.0 Å². The molecule has 26 heavy (non-hydrogen) atoms. The van der Waals surface area contributed by atoms with Gasteiger partial charge >= 0.3 is 0 Å². The van der Waals surface area contributed by atoms with E-state index >= 15 is 0 Å². The topological polar surface area (TPSA) is 31.2 Å². The van der Waals surface area contributed by atoms with E-state index in [4.69, 9.17) is 23.2 Å². The molecule has 0 radical (unpaired) electrons. The maximum Gasteiger partial charge on any atom is 0.102 e. The summed E-state index contributed by atoms with van der Waals surface area (Å²) in [6, 6.07) is 11.8. The van der Waals surface area contributed by atoms with Crippen LogP contribution in [-0.2, 0) is 0 Å². The van der Waals surface area contributed by atoms with Crippen LogP contribution in [0.4, 0.5) is 17.1 Å². The highest BCUT2D eigenvalue weighted by Gasteiger charge is 2.07. The molecule has 0 spiro atoms. The fraction of sp³-hybridized carbons (Fsp3) is 0.300. The van der Waals surface area contributed by atoms with E-state index in [1.54, 1.807) is 24.7 Å². The van der Waals surface area contributed by atoms with Crippen molar-refractivity contribution in [2.75, 3.05) is 32.1 Å². The van der Waals surface area contributed by atoms with Gasteiger partial charge in [-0.1, -0.05) is 35.3 Å². The molecule has 0 saturated heterocycles. The first-order chi connectivity index (χ1) is 12.4. The maximum atomic E-state index is 6.29. The van der Waals surface area contributed by atoms with Gasteiger partial charge in [-0.3, -0.25) is 4.99 Å². The van der Waals surface area contributed by atoms with E-state index in [1.165, 1.54) is 5.69 Å². The van der Waals surface area contributed by atoms with Crippen LogP contribution in [0.25, 0.3) is 0 Å². The van der Waals surface area contributed by atoms with Crippen molar-refractivity contribution in [1.82, 2.24) is 4.90 Å². The van der Waals surface area contributed by atoms with Gasteiger partial charge < -0.3 is 9.80 Å². The molecule has 0 saturated carbocycles. The SMILES string of the molecule is CCN(CC)c1ccc(/C=N/c2cc(Cl)c(/N=C\N(C)C)c(Cl)c2)cc1. The molecule has 0 heterocycles. The average Bonchev–Trinajstić information content (AvgIpc) is 2.61. The highest BCUT2D eigenvalue weighted by Crippen LogP contribution is 2.36. The van der Waals surface area contributed by atoms with E-state index in [0.717, 1.165) is 18.7 Å². The number of rotatable bonds is 7. The van der Waals surface area contributed by atoms with Gasteiger partial charge in [0.05, 0.1) is 22.1 Å². The predicted octanol–water partition coefficient (Wildman–Crippen LogP) is 5.81.